The summed E-state index contributed by atoms with van der Waals surface area (Å²) in [6, 6.07) is 11.8. The minimum Gasteiger partial charge on any atom is -0.378 e. The van der Waals surface area contributed by atoms with Gasteiger partial charge in [-0.3, -0.25) is 4.99 Å². The number of aromatic nitrogens is 5. The summed E-state index contributed by atoms with van der Waals surface area (Å²) < 4.78 is 1.75. The number of pyridine rings is 1. The van der Waals surface area contributed by atoms with Gasteiger partial charge in [-0.1, -0.05) is 18.2 Å². The monoisotopic (exact) mass is 448 g/mol. The van der Waals surface area contributed by atoms with Crippen molar-refractivity contribution >= 4 is 17.0 Å². The van der Waals surface area contributed by atoms with Crippen LogP contribution in [0.15, 0.2) is 71.8 Å². The molecule has 8 heteroatoms. The van der Waals surface area contributed by atoms with Crippen LogP contribution in [-0.4, -0.2) is 30.3 Å². The number of aliphatic imine (C=N–C) groups is 1. The molecule has 3 aromatic heterocycles. The second-order valence-corrected chi connectivity index (χ2v) is 8.25. The molecule has 8 nitrogen and oxygen atoms in total. The van der Waals surface area contributed by atoms with Crippen molar-refractivity contribution in [2.75, 3.05) is 5.32 Å². The molecular formula is C26H24N8. The molecule has 0 bridgehead atoms. The zero-order valence-corrected chi connectivity index (χ0v) is 19.1. The lowest BCUT2D eigenvalue weighted by molar-refractivity contribution is 0.960. The summed E-state index contributed by atoms with van der Waals surface area (Å²) in [5, 5.41) is 16.9. The van der Waals surface area contributed by atoms with Crippen LogP contribution in [0.5, 0.6) is 0 Å². The minimum atomic E-state index is 0.497. The van der Waals surface area contributed by atoms with E-state index in [4.69, 9.17) is 9.98 Å². The molecule has 2 N–H and O–H groups in total. The number of anilines is 1. The molecule has 0 atom stereocenters. The summed E-state index contributed by atoms with van der Waals surface area (Å²) in [6.07, 6.45) is 11.3. The Balaban J connectivity index is 1.48. The van der Waals surface area contributed by atoms with E-state index < -0.39 is 0 Å². The third-order valence-corrected chi connectivity index (χ3v) is 5.71. The van der Waals surface area contributed by atoms with Crippen molar-refractivity contribution in [2.45, 2.75) is 33.2 Å². The molecule has 0 saturated heterocycles. The Morgan fingerprint density at radius 3 is 3.00 bits per heavy atom. The number of nitrogens with one attached hydrogen (secondary N) is 2. The number of rotatable bonds is 6. The van der Waals surface area contributed by atoms with E-state index in [-0.39, 0.29) is 0 Å². The number of H-pyrrole nitrogens is 1. The average Bonchev–Trinajstić information content (AvgIpc) is 3.41. The van der Waals surface area contributed by atoms with Gasteiger partial charge in [0, 0.05) is 41.0 Å². The Morgan fingerprint density at radius 1 is 1.21 bits per heavy atom. The van der Waals surface area contributed by atoms with Crippen molar-refractivity contribution in [2.24, 2.45) is 4.99 Å². The smallest absolute Gasteiger partial charge is 0.155 e. The fraction of sp³-hybridized carbons (Fsp3) is 0.192. The highest BCUT2D eigenvalue weighted by atomic mass is 15.3. The molecule has 0 amide bonds. The van der Waals surface area contributed by atoms with Crippen LogP contribution in [0.3, 0.4) is 0 Å². The van der Waals surface area contributed by atoms with Gasteiger partial charge in [-0.15, -0.1) is 0 Å². The SMILES string of the molecule is CC1=NC(Cc2[nH]c(CNc3cc(C#N)ccc3C)nc2-c2ccc3ncnn3c2)=CCC=C1. The Kier molecular flexibility index (Phi) is 5.75. The van der Waals surface area contributed by atoms with Crippen LogP contribution < -0.4 is 5.32 Å². The van der Waals surface area contributed by atoms with Gasteiger partial charge in [0.2, 0.25) is 0 Å². The summed E-state index contributed by atoms with van der Waals surface area (Å²) in [6.45, 7) is 4.52. The van der Waals surface area contributed by atoms with Crippen LogP contribution in [0.2, 0.25) is 0 Å². The summed E-state index contributed by atoms with van der Waals surface area (Å²) in [4.78, 5) is 17.4. The summed E-state index contributed by atoms with van der Waals surface area (Å²) in [5.74, 6) is 0.804. The highest BCUT2D eigenvalue weighted by Gasteiger charge is 2.16. The van der Waals surface area contributed by atoms with Crippen LogP contribution in [-0.2, 0) is 13.0 Å². The predicted octanol–water partition coefficient (Wildman–Crippen LogP) is 4.76. The maximum atomic E-state index is 9.23. The molecule has 4 heterocycles. The molecule has 4 aromatic rings. The van der Waals surface area contributed by atoms with Crippen molar-refractivity contribution in [3.8, 4) is 17.3 Å². The number of hydrogen-bond donors (Lipinski definition) is 2. The summed E-state index contributed by atoms with van der Waals surface area (Å²) in [5.41, 5.74) is 8.20. The molecule has 0 radical (unpaired) electrons. The number of aromatic amines is 1. The van der Waals surface area contributed by atoms with Crippen molar-refractivity contribution in [1.82, 2.24) is 24.6 Å². The third kappa shape index (κ3) is 4.50. The van der Waals surface area contributed by atoms with Gasteiger partial charge in [-0.05, 0) is 56.2 Å². The Hall–Kier alpha value is -4.51. The number of benzene rings is 1. The Morgan fingerprint density at radius 2 is 2.12 bits per heavy atom. The standard InChI is InChI=1S/C26H24N8/c1-17-7-8-19(13-27)11-22(17)28-14-24-32-23(12-21-6-4-3-5-18(2)31-21)26(33-24)20-9-10-25-29-16-30-34(25)15-20/h3,5-11,15-16,28H,4,12,14H2,1-2H3,(H,32,33). The molecule has 0 aliphatic carbocycles. The van der Waals surface area contributed by atoms with Crippen LogP contribution in [0.1, 0.15) is 36.0 Å². The quantitative estimate of drug-likeness (QED) is 0.442. The number of fused-ring (bicyclic) bond motifs is 1. The van der Waals surface area contributed by atoms with Gasteiger partial charge >= 0.3 is 0 Å². The molecule has 1 aliphatic heterocycles. The zero-order chi connectivity index (χ0) is 23.5. The zero-order valence-electron chi connectivity index (χ0n) is 19.1. The average molecular weight is 449 g/mol. The van der Waals surface area contributed by atoms with E-state index in [1.54, 1.807) is 10.8 Å². The molecule has 0 spiro atoms. The molecule has 0 unspecified atom stereocenters. The van der Waals surface area contributed by atoms with Crippen molar-refractivity contribution in [3.05, 3.63) is 89.4 Å². The Labute approximate surface area is 197 Å². The van der Waals surface area contributed by atoms with Gasteiger partial charge in [0.15, 0.2) is 5.65 Å². The van der Waals surface area contributed by atoms with Gasteiger partial charge in [-0.25, -0.2) is 14.5 Å². The molecule has 5 rings (SSSR count). The number of nitriles is 1. The molecular weight excluding hydrogens is 424 g/mol. The lowest BCUT2D eigenvalue weighted by atomic mass is 10.1. The number of imidazole rings is 1. The molecule has 168 valence electrons. The van der Waals surface area contributed by atoms with E-state index in [9.17, 15) is 5.26 Å². The van der Waals surface area contributed by atoms with Crippen LogP contribution in [0, 0.1) is 18.3 Å². The first-order chi connectivity index (χ1) is 16.6. The second kappa shape index (κ2) is 9.16. The Bertz CT molecular complexity index is 1490. The summed E-state index contributed by atoms with van der Waals surface area (Å²) in [7, 11) is 0. The first-order valence-corrected chi connectivity index (χ1v) is 11.1. The van der Waals surface area contributed by atoms with Gasteiger partial charge in [0.1, 0.15) is 12.2 Å². The number of hydrogen-bond acceptors (Lipinski definition) is 6. The molecule has 34 heavy (non-hydrogen) atoms. The molecule has 0 fully saturated rings. The van der Waals surface area contributed by atoms with E-state index in [1.807, 2.05) is 56.5 Å². The molecule has 1 aromatic carbocycles. The van der Waals surface area contributed by atoms with E-state index in [1.165, 1.54) is 0 Å². The van der Waals surface area contributed by atoms with Crippen molar-refractivity contribution in [1.29, 1.82) is 5.26 Å². The predicted molar refractivity (Wildman–Crippen MR) is 132 cm³/mol. The van der Waals surface area contributed by atoms with Crippen LogP contribution in [0.4, 0.5) is 5.69 Å². The van der Waals surface area contributed by atoms with Crippen LogP contribution in [0.25, 0.3) is 16.9 Å². The minimum absolute atomic E-state index is 0.497. The van der Waals surface area contributed by atoms with Crippen molar-refractivity contribution < 1.29 is 0 Å². The second-order valence-electron chi connectivity index (χ2n) is 8.25. The van der Waals surface area contributed by atoms with Gasteiger partial charge in [0.25, 0.3) is 0 Å². The van der Waals surface area contributed by atoms with Gasteiger partial charge in [0.05, 0.1) is 23.9 Å². The maximum absolute atomic E-state index is 9.23. The van der Waals surface area contributed by atoms with Gasteiger partial charge in [-0.2, -0.15) is 10.4 Å². The fourth-order valence-electron chi connectivity index (χ4n) is 3.98. The first kappa shape index (κ1) is 21.3. The largest absolute Gasteiger partial charge is 0.378 e. The summed E-state index contributed by atoms with van der Waals surface area (Å²) >= 11 is 0. The third-order valence-electron chi connectivity index (χ3n) is 5.71. The number of aryl methyl sites for hydroxylation is 1. The highest BCUT2D eigenvalue weighted by Crippen LogP contribution is 2.26. The van der Waals surface area contributed by atoms with E-state index >= 15 is 0 Å². The number of allylic oxidation sites excluding steroid dienone is 4. The number of nitrogens with zero attached hydrogens (tertiary/aromatic N) is 6. The molecule has 1 aliphatic rings. The van der Waals surface area contributed by atoms with E-state index in [0.29, 0.717) is 18.5 Å². The lowest BCUT2D eigenvalue weighted by Gasteiger charge is -2.08. The topological polar surface area (TPSA) is 107 Å². The van der Waals surface area contributed by atoms with Crippen molar-refractivity contribution in [3.63, 3.8) is 0 Å². The fourth-order valence-corrected chi connectivity index (χ4v) is 3.98. The van der Waals surface area contributed by atoms with Gasteiger partial charge < -0.3 is 10.3 Å². The normalized spacial score (nSPS) is 13.3. The maximum Gasteiger partial charge on any atom is 0.155 e. The highest BCUT2D eigenvalue weighted by molar-refractivity contribution is 5.93. The van der Waals surface area contributed by atoms with E-state index in [0.717, 1.165) is 57.5 Å². The van der Waals surface area contributed by atoms with Crippen LogP contribution >= 0.6 is 0 Å². The first-order valence-electron chi connectivity index (χ1n) is 11.1. The van der Waals surface area contributed by atoms with E-state index in [2.05, 4.69) is 38.6 Å². The molecule has 0 saturated carbocycles. The lowest BCUT2D eigenvalue weighted by Crippen LogP contribution is -2.03.